The molecule has 3 aliphatic rings. The average molecular weight is 406 g/mol. The lowest BCUT2D eigenvalue weighted by atomic mass is 9.70. The van der Waals surface area contributed by atoms with E-state index in [1.165, 1.54) is 6.92 Å². The minimum absolute atomic E-state index is 0.154. The number of carbonyl (C=O) groups is 2. The van der Waals surface area contributed by atoms with E-state index in [4.69, 9.17) is 4.74 Å². The molecule has 2 aromatic rings. The van der Waals surface area contributed by atoms with E-state index in [1.807, 2.05) is 51.1 Å². The summed E-state index contributed by atoms with van der Waals surface area (Å²) in [5.41, 5.74) is -1.17. The second-order valence-corrected chi connectivity index (χ2v) is 9.55. The number of anilines is 2. The quantitative estimate of drug-likeness (QED) is 0.620. The van der Waals surface area contributed by atoms with Crippen LogP contribution >= 0.6 is 0 Å². The average Bonchev–Trinajstić information content (AvgIpc) is 2.91. The second kappa shape index (κ2) is 5.50. The van der Waals surface area contributed by atoms with Gasteiger partial charge in [0.05, 0.1) is 5.54 Å². The Hall–Kier alpha value is -2.70. The molecule has 0 saturated carbocycles. The molecule has 4 unspecified atom stereocenters. The predicted molar refractivity (Wildman–Crippen MR) is 114 cm³/mol. The molecule has 5 rings (SSSR count). The predicted octanol–water partition coefficient (Wildman–Crippen LogP) is 3.61. The summed E-state index contributed by atoms with van der Waals surface area (Å²) >= 11 is 0. The van der Waals surface area contributed by atoms with Crippen molar-refractivity contribution in [3.05, 3.63) is 58.7 Å². The van der Waals surface area contributed by atoms with E-state index in [0.29, 0.717) is 16.8 Å². The van der Waals surface area contributed by atoms with Crippen LogP contribution in [0.4, 0.5) is 11.4 Å². The van der Waals surface area contributed by atoms with Gasteiger partial charge >= 0.3 is 0 Å². The molecule has 3 aliphatic heterocycles. The van der Waals surface area contributed by atoms with E-state index in [0.717, 1.165) is 16.8 Å². The molecule has 6 heteroatoms. The molecule has 1 spiro atoms. The van der Waals surface area contributed by atoms with E-state index in [1.54, 1.807) is 13.0 Å². The molecule has 1 saturated heterocycles. The van der Waals surface area contributed by atoms with Crippen molar-refractivity contribution in [2.45, 2.75) is 63.5 Å². The fourth-order valence-electron chi connectivity index (χ4n) is 5.21. The van der Waals surface area contributed by atoms with E-state index in [-0.39, 0.29) is 12.2 Å². The fraction of sp³-hybridized carbons (Fsp3) is 0.417. The Morgan fingerprint density at radius 2 is 1.40 bits per heavy atom. The number of hydrogen-bond acceptors (Lipinski definition) is 6. The molecule has 0 bridgehead atoms. The van der Waals surface area contributed by atoms with Gasteiger partial charge in [-0.2, -0.15) is 0 Å². The van der Waals surface area contributed by atoms with Gasteiger partial charge in [0.2, 0.25) is 5.78 Å². The Morgan fingerprint density at radius 3 is 2.00 bits per heavy atom. The Balaban J connectivity index is 1.66. The molecule has 4 atom stereocenters. The molecule has 6 nitrogen and oxygen atoms in total. The highest BCUT2D eigenvalue weighted by molar-refractivity contribution is 6.12. The van der Waals surface area contributed by atoms with Gasteiger partial charge in [-0.3, -0.25) is 9.59 Å². The number of fused-ring (bicyclic) bond motifs is 3. The van der Waals surface area contributed by atoms with Gasteiger partial charge in [0.1, 0.15) is 0 Å². The highest BCUT2D eigenvalue weighted by Gasteiger charge is 2.73. The van der Waals surface area contributed by atoms with Crippen LogP contribution < -0.4 is 10.6 Å². The van der Waals surface area contributed by atoms with Crippen LogP contribution in [0.3, 0.4) is 0 Å². The first-order valence-corrected chi connectivity index (χ1v) is 10.2. The van der Waals surface area contributed by atoms with Gasteiger partial charge in [-0.15, -0.1) is 0 Å². The van der Waals surface area contributed by atoms with Crippen LogP contribution in [0.2, 0.25) is 0 Å². The molecule has 156 valence electrons. The minimum atomic E-state index is -1.86. The maximum atomic E-state index is 13.6. The van der Waals surface area contributed by atoms with Gasteiger partial charge in [-0.05, 0) is 58.9 Å². The second-order valence-electron chi connectivity index (χ2n) is 9.55. The Labute approximate surface area is 175 Å². The third-order valence-electron chi connectivity index (χ3n) is 7.28. The number of aliphatic hydroxyl groups is 1. The molecule has 2 aromatic carbocycles. The zero-order chi connectivity index (χ0) is 21.7. The van der Waals surface area contributed by atoms with Crippen molar-refractivity contribution < 1.29 is 19.4 Å². The summed E-state index contributed by atoms with van der Waals surface area (Å²) in [6.45, 7) is 8.97. The van der Waals surface area contributed by atoms with Crippen molar-refractivity contribution >= 4 is 22.9 Å². The summed E-state index contributed by atoms with van der Waals surface area (Å²) in [5.74, 6) is -0.564. The zero-order valence-corrected chi connectivity index (χ0v) is 17.8. The molecule has 30 heavy (non-hydrogen) atoms. The summed E-state index contributed by atoms with van der Waals surface area (Å²) in [4.78, 5) is 27.0. The van der Waals surface area contributed by atoms with Crippen molar-refractivity contribution in [1.82, 2.24) is 0 Å². The largest absolute Gasteiger partial charge is 0.377 e. The van der Waals surface area contributed by atoms with Crippen molar-refractivity contribution in [2.75, 3.05) is 10.6 Å². The zero-order valence-electron chi connectivity index (χ0n) is 17.8. The van der Waals surface area contributed by atoms with Gasteiger partial charge in [0.25, 0.3) is 0 Å². The van der Waals surface area contributed by atoms with Gasteiger partial charge < -0.3 is 20.5 Å². The van der Waals surface area contributed by atoms with Crippen molar-refractivity contribution in [2.24, 2.45) is 0 Å². The first kappa shape index (κ1) is 19.3. The highest BCUT2D eigenvalue weighted by atomic mass is 16.6. The summed E-state index contributed by atoms with van der Waals surface area (Å²) in [6.07, 6.45) is 0.224. The molecule has 3 heterocycles. The topological polar surface area (TPSA) is 87.7 Å². The SMILES string of the molecule is Cc1ccc2c(c1)C(=O)C(C)(O)C1(CC3(C)Nc4ccc(C)cc4C(=O)C3(C)O1)N2. The Bertz CT molecular complexity index is 1140. The molecule has 3 N–H and O–H groups in total. The number of carbonyl (C=O) groups excluding carboxylic acids is 2. The lowest BCUT2D eigenvalue weighted by Crippen LogP contribution is -2.65. The normalized spacial score (nSPS) is 36.6. The van der Waals surface area contributed by atoms with E-state index in [9.17, 15) is 14.7 Å². The fourth-order valence-corrected chi connectivity index (χ4v) is 5.21. The van der Waals surface area contributed by atoms with Crippen LogP contribution in [0.5, 0.6) is 0 Å². The molecular weight excluding hydrogens is 380 g/mol. The van der Waals surface area contributed by atoms with Gasteiger partial charge in [0.15, 0.2) is 22.7 Å². The number of ether oxygens (including phenoxy) is 1. The molecular formula is C24H26N2O4. The maximum absolute atomic E-state index is 13.6. The lowest BCUT2D eigenvalue weighted by Gasteiger charge is -2.46. The van der Waals surface area contributed by atoms with Crippen molar-refractivity contribution in [3.63, 3.8) is 0 Å². The lowest BCUT2D eigenvalue weighted by molar-refractivity contribution is -0.150. The van der Waals surface area contributed by atoms with Crippen molar-refractivity contribution in [1.29, 1.82) is 0 Å². The number of nitrogens with one attached hydrogen (secondary N) is 2. The smallest absolute Gasteiger partial charge is 0.201 e. The van der Waals surface area contributed by atoms with Crippen LogP contribution in [0.1, 0.15) is 59.0 Å². The number of hydrogen-bond donors (Lipinski definition) is 3. The molecule has 0 aromatic heterocycles. The van der Waals surface area contributed by atoms with E-state index >= 15 is 0 Å². The summed E-state index contributed by atoms with van der Waals surface area (Å²) in [5, 5.41) is 18.3. The minimum Gasteiger partial charge on any atom is -0.377 e. The van der Waals surface area contributed by atoms with Gasteiger partial charge in [-0.25, -0.2) is 0 Å². The molecule has 0 radical (unpaired) electrons. The molecule has 0 amide bonds. The number of ketones is 2. The van der Waals surface area contributed by atoms with Crippen LogP contribution in [0.15, 0.2) is 36.4 Å². The summed E-state index contributed by atoms with van der Waals surface area (Å²) in [7, 11) is 0. The molecule has 1 fully saturated rings. The Kier molecular flexibility index (Phi) is 3.54. The third kappa shape index (κ3) is 2.15. The van der Waals surface area contributed by atoms with Crippen LogP contribution in [0, 0.1) is 13.8 Å². The monoisotopic (exact) mass is 406 g/mol. The molecule has 0 aliphatic carbocycles. The number of aryl methyl sites for hydroxylation is 2. The number of benzene rings is 2. The van der Waals surface area contributed by atoms with Gasteiger partial charge in [0, 0.05) is 28.9 Å². The summed E-state index contributed by atoms with van der Waals surface area (Å²) < 4.78 is 6.47. The number of Topliss-reactive ketones (excluding diaryl/α,β-unsaturated/α-hetero) is 2. The van der Waals surface area contributed by atoms with Gasteiger partial charge in [-0.1, -0.05) is 23.3 Å². The van der Waals surface area contributed by atoms with Crippen LogP contribution in [-0.4, -0.2) is 39.1 Å². The first-order chi connectivity index (χ1) is 13.9. The Morgan fingerprint density at radius 1 is 0.867 bits per heavy atom. The van der Waals surface area contributed by atoms with E-state index < -0.39 is 28.2 Å². The highest BCUT2D eigenvalue weighted by Crippen LogP contribution is 2.57. The third-order valence-corrected chi connectivity index (χ3v) is 7.28. The van der Waals surface area contributed by atoms with Crippen molar-refractivity contribution in [3.8, 4) is 0 Å². The van der Waals surface area contributed by atoms with E-state index in [2.05, 4.69) is 10.6 Å². The standard InChI is InChI=1S/C24H26N2O4/c1-13-7-9-18-15(10-13)19(27)22(4,29)24(26-18)12-21(3)23(5,30-24)20(28)16-11-14(2)6-8-17(16)25-21/h6-11,25-26,29H,12H2,1-5H3. The maximum Gasteiger partial charge on any atom is 0.201 e. The van der Waals surface area contributed by atoms with Crippen LogP contribution in [-0.2, 0) is 4.74 Å². The first-order valence-electron chi connectivity index (χ1n) is 10.2. The van der Waals surface area contributed by atoms with Crippen LogP contribution in [0.25, 0.3) is 0 Å². The number of rotatable bonds is 0. The summed E-state index contributed by atoms with van der Waals surface area (Å²) in [6, 6.07) is 11.2.